The zero-order valence-electron chi connectivity index (χ0n) is 13.6. The maximum Gasteiger partial charge on any atom is 0.146 e. The molecular weight excluding hydrogens is 293 g/mol. The molecule has 0 aliphatic carbocycles. The number of H-pyrrole nitrogens is 1. The molecule has 1 aromatic heterocycles. The van der Waals surface area contributed by atoms with Crippen LogP contribution >= 0.6 is 0 Å². The smallest absolute Gasteiger partial charge is 0.146 e. The minimum Gasteiger partial charge on any atom is -0.367 e. The number of nitrogens with one attached hydrogen (secondary N) is 2. The number of aromatic amines is 1. The van der Waals surface area contributed by atoms with Gasteiger partial charge < -0.3 is 10.2 Å². The Morgan fingerprint density at radius 2 is 2.00 bits per heavy atom. The first-order valence-corrected chi connectivity index (χ1v) is 8.16. The van der Waals surface area contributed by atoms with E-state index in [9.17, 15) is 4.39 Å². The number of nitrogens with zero attached hydrogens (tertiary/aromatic N) is 3. The molecule has 6 heteroatoms. The highest BCUT2D eigenvalue weighted by Gasteiger charge is 2.18. The van der Waals surface area contributed by atoms with E-state index in [2.05, 4.69) is 31.4 Å². The molecule has 23 heavy (non-hydrogen) atoms. The van der Waals surface area contributed by atoms with Crippen LogP contribution in [0, 0.1) is 12.7 Å². The van der Waals surface area contributed by atoms with Crippen LogP contribution in [0.15, 0.2) is 30.3 Å². The lowest BCUT2D eigenvalue weighted by Gasteiger charge is -2.36. The first-order valence-electron chi connectivity index (χ1n) is 8.16. The number of hydrogen-bond acceptors (Lipinski definition) is 4. The van der Waals surface area contributed by atoms with Crippen LogP contribution in [0.1, 0.15) is 11.4 Å². The number of piperazine rings is 1. The van der Waals surface area contributed by atoms with E-state index in [-0.39, 0.29) is 5.82 Å². The van der Waals surface area contributed by atoms with Gasteiger partial charge in [0.2, 0.25) is 0 Å². The van der Waals surface area contributed by atoms with E-state index in [4.69, 9.17) is 0 Å². The third-order valence-corrected chi connectivity index (χ3v) is 4.24. The van der Waals surface area contributed by atoms with Crippen molar-refractivity contribution < 1.29 is 4.39 Å². The summed E-state index contributed by atoms with van der Waals surface area (Å²) in [5.41, 5.74) is 2.86. The van der Waals surface area contributed by atoms with E-state index >= 15 is 0 Å². The minimum atomic E-state index is -0.128. The molecule has 2 aromatic rings. The Morgan fingerprint density at radius 1 is 1.22 bits per heavy atom. The van der Waals surface area contributed by atoms with E-state index in [1.54, 1.807) is 6.07 Å². The van der Waals surface area contributed by atoms with Gasteiger partial charge in [0, 0.05) is 51.5 Å². The van der Waals surface area contributed by atoms with Crippen LogP contribution < -0.4 is 10.2 Å². The second kappa shape index (κ2) is 7.57. The lowest BCUT2D eigenvalue weighted by Crippen LogP contribution is -2.48. The number of para-hydroxylation sites is 1. The van der Waals surface area contributed by atoms with Crippen molar-refractivity contribution in [3.8, 4) is 0 Å². The maximum absolute atomic E-state index is 13.8. The minimum absolute atomic E-state index is 0.128. The van der Waals surface area contributed by atoms with Gasteiger partial charge in [0.25, 0.3) is 0 Å². The third-order valence-electron chi connectivity index (χ3n) is 4.24. The Morgan fingerprint density at radius 3 is 2.70 bits per heavy atom. The van der Waals surface area contributed by atoms with Crippen LogP contribution in [0.5, 0.6) is 0 Å². The van der Waals surface area contributed by atoms with Crippen LogP contribution in [0.4, 0.5) is 10.1 Å². The van der Waals surface area contributed by atoms with Gasteiger partial charge >= 0.3 is 0 Å². The molecule has 1 aliphatic heterocycles. The van der Waals surface area contributed by atoms with E-state index in [0.29, 0.717) is 0 Å². The predicted octanol–water partition coefficient (Wildman–Crippen LogP) is 1.77. The fraction of sp³-hybridized carbons (Fsp3) is 0.471. The second-order valence-electron chi connectivity index (χ2n) is 6.00. The van der Waals surface area contributed by atoms with Gasteiger partial charge in [0.05, 0.1) is 11.4 Å². The number of hydrogen-bond donors (Lipinski definition) is 2. The zero-order valence-corrected chi connectivity index (χ0v) is 13.6. The molecule has 0 bridgehead atoms. The topological polar surface area (TPSA) is 47.2 Å². The van der Waals surface area contributed by atoms with Gasteiger partial charge in [-0.25, -0.2) is 4.39 Å². The fourth-order valence-electron chi connectivity index (χ4n) is 2.94. The van der Waals surface area contributed by atoms with Crippen molar-refractivity contribution in [2.24, 2.45) is 0 Å². The first-order chi connectivity index (χ1) is 11.2. The Kier molecular flexibility index (Phi) is 5.25. The summed E-state index contributed by atoms with van der Waals surface area (Å²) >= 11 is 0. The molecule has 1 saturated heterocycles. The van der Waals surface area contributed by atoms with Crippen molar-refractivity contribution in [2.45, 2.75) is 13.5 Å². The molecule has 0 saturated carbocycles. The third kappa shape index (κ3) is 4.30. The molecule has 0 spiro atoms. The second-order valence-corrected chi connectivity index (χ2v) is 6.00. The van der Waals surface area contributed by atoms with Gasteiger partial charge in [-0.05, 0) is 25.1 Å². The highest BCUT2D eigenvalue weighted by atomic mass is 19.1. The molecule has 2 heterocycles. The van der Waals surface area contributed by atoms with Crippen LogP contribution in [-0.4, -0.2) is 54.4 Å². The summed E-state index contributed by atoms with van der Waals surface area (Å²) in [6.45, 7) is 8.43. The van der Waals surface area contributed by atoms with Crippen LogP contribution in [0.2, 0.25) is 0 Å². The monoisotopic (exact) mass is 317 g/mol. The Bertz CT molecular complexity index is 619. The molecule has 0 amide bonds. The Hall–Kier alpha value is -1.92. The Balaban J connectivity index is 1.37. The van der Waals surface area contributed by atoms with Gasteiger partial charge in [-0.1, -0.05) is 12.1 Å². The molecule has 0 unspecified atom stereocenters. The highest BCUT2D eigenvalue weighted by molar-refractivity contribution is 5.47. The SMILES string of the molecule is Cc1cc(CNCCN2CCN(c3ccccc3F)CC2)n[nH]1. The van der Waals surface area contributed by atoms with Crippen LogP contribution in [0.3, 0.4) is 0 Å². The molecule has 124 valence electrons. The molecule has 0 atom stereocenters. The van der Waals surface area contributed by atoms with E-state index in [1.165, 1.54) is 6.07 Å². The van der Waals surface area contributed by atoms with Crippen molar-refractivity contribution in [1.82, 2.24) is 20.4 Å². The molecule has 3 rings (SSSR count). The standard InChI is InChI=1S/C17H24FN5/c1-14-12-15(21-20-14)13-19-6-7-22-8-10-23(11-9-22)17-5-3-2-4-16(17)18/h2-5,12,19H,6-11,13H2,1H3,(H,20,21). The summed E-state index contributed by atoms with van der Waals surface area (Å²) in [5.74, 6) is -0.128. The van der Waals surface area contributed by atoms with Crippen molar-refractivity contribution in [3.05, 3.63) is 47.5 Å². The van der Waals surface area contributed by atoms with Gasteiger partial charge in [0.15, 0.2) is 0 Å². The molecular formula is C17H24FN5. The van der Waals surface area contributed by atoms with Crippen molar-refractivity contribution >= 4 is 5.69 Å². The predicted molar refractivity (Wildman–Crippen MR) is 90.1 cm³/mol. The number of halogens is 1. The van der Waals surface area contributed by atoms with E-state index in [1.807, 2.05) is 19.1 Å². The van der Waals surface area contributed by atoms with Crippen molar-refractivity contribution in [3.63, 3.8) is 0 Å². The van der Waals surface area contributed by atoms with Gasteiger partial charge in [-0.2, -0.15) is 5.10 Å². The Labute approximate surface area is 136 Å². The number of aromatic nitrogens is 2. The van der Waals surface area contributed by atoms with E-state index in [0.717, 1.165) is 62.9 Å². The molecule has 5 nitrogen and oxygen atoms in total. The molecule has 2 N–H and O–H groups in total. The van der Waals surface area contributed by atoms with Crippen LogP contribution in [-0.2, 0) is 6.54 Å². The van der Waals surface area contributed by atoms with Crippen LogP contribution in [0.25, 0.3) is 0 Å². The number of benzene rings is 1. The summed E-state index contributed by atoms with van der Waals surface area (Å²) in [6, 6.07) is 9.08. The summed E-state index contributed by atoms with van der Waals surface area (Å²) in [7, 11) is 0. The lowest BCUT2D eigenvalue weighted by atomic mass is 10.2. The van der Waals surface area contributed by atoms with E-state index < -0.39 is 0 Å². The van der Waals surface area contributed by atoms with Gasteiger partial charge in [-0.3, -0.25) is 10.00 Å². The number of aryl methyl sites for hydroxylation is 1. The molecule has 1 aliphatic rings. The summed E-state index contributed by atoms with van der Waals surface area (Å²) in [4.78, 5) is 4.55. The maximum atomic E-state index is 13.8. The summed E-state index contributed by atoms with van der Waals surface area (Å²) < 4.78 is 13.8. The highest BCUT2D eigenvalue weighted by Crippen LogP contribution is 2.19. The zero-order chi connectivity index (χ0) is 16.1. The average molecular weight is 317 g/mol. The lowest BCUT2D eigenvalue weighted by molar-refractivity contribution is 0.256. The number of anilines is 1. The summed E-state index contributed by atoms with van der Waals surface area (Å²) in [6.07, 6.45) is 0. The molecule has 1 fully saturated rings. The van der Waals surface area contributed by atoms with Gasteiger partial charge in [0.1, 0.15) is 5.82 Å². The van der Waals surface area contributed by atoms with Crippen molar-refractivity contribution in [2.75, 3.05) is 44.2 Å². The molecule has 1 aromatic carbocycles. The van der Waals surface area contributed by atoms with Gasteiger partial charge in [-0.15, -0.1) is 0 Å². The average Bonchev–Trinajstić information content (AvgIpc) is 2.98. The number of rotatable bonds is 6. The quantitative estimate of drug-likeness (QED) is 0.797. The largest absolute Gasteiger partial charge is 0.367 e. The summed E-state index contributed by atoms with van der Waals surface area (Å²) in [5, 5.41) is 10.6. The van der Waals surface area contributed by atoms with Crippen molar-refractivity contribution in [1.29, 1.82) is 0 Å². The fourth-order valence-corrected chi connectivity index (χ4v) is 2.94. The first kappa shape index (κ1) is 16.0. The molecule has 0 radical (unpaired) electrons. The normalized spacial score (nSPS) is 16.0.